The maximum absolute atomic E-state index is 13.3. The molecule has 3 aromatic rings. The summed E-state index contributed by atoms with van der Waals surface area (Å²) in [4.78, 5) is 28.1. The Bertz CT molecular complexity index is 1120. The molecule has 1 aromatic heterocycles. The van der Waals surface area contributed by atoms with Gasteiger partial charge in [0.2, 0.25) is 4.80 Å². The van der Waals surface area contributed by atoms with Gasteiger partial charge in [-0.05, 0) is 47.4 Å². The number of amides is 1. The lowest BCUT2D eigenvalue weighted by molar-refractivity contribution is 0.0997. The second-order valence-electron chi connectivity index (χ2n) is 5.17. The Labute approximate surface area is 159 Å². The van der Waals surface area contributed by atoms with E-state index in [0.29, 0.717) is 15.6 Å². The van der Waals surface area contributed by atoms with Crippen LogP contribution in [0.25, 0.3) is 0 Å². The summed E-state index contributed by atoms with van der Waals surface area (Å²) >= 11 is 12.7. The molecular formula is C16H9Cl2F2N3O2S. The minimum absolute atomic E-state index is 0.0794. The van der Waals surface area contributed by atoms with E-state index in [2.05, 4.69) is 9.37 Å². The van der Waals surface area contributed by atoms with Gasteiger partial charge in [-0.1, -0.05) is 29.3 Å². The zero-order valence-corrected chi connectivity index (χ0v) is 15.1. The van der Waals surface area contributed by atoms with Crippen molar-refractivity contribution in [2.75, 3.05) is 0 Å². The van der Waals surface area contributed by atoms with Gasteiger partial charge in [-0.25, -0.2) is 13.6 Å². The fourth-order valence-corrected chi connectivity index (χ4v) is 3.11. The average Bonchev–Trinajstić information content (AvgIpc) is 2.93. The van der Waals surface area contributed by atoms with Crippen LogP contribution in [0.3, 0.4) is 0 Å². The zero-order chi connectivity index (χ0) is 18.8. The van der Waals surface area contributed by atoms with E-state index in [1.165, 1.54) is 4.57 Å². The van der Waals surface area contributed by atoms with E-state index in [9.17, 15) is 18.4 Å². The molecule has 1 amide bonds. The molecule has 5 nitrogen and oxygen atoms in total. The van der Waals surface area contributed by atoms with Crippen molar-refractivity contribution in [3.05, 3.63) is 84.5 Å². The van der Waals surface area contributed by atoms with Gasteiger partial charge in [-0.15, -0.1) is 0 Å². The zero-order valence-electron chi connectivity index (χ0n) is 12.8. The fourth-order valence-electron chi connectivity index (χ4n) is 2.11. The van der Waals surface area contributed by atoms with Crippen molar-refractivity contribution >= 4 is 40.6 Å². The van der Waals surface area contributed by atoms with Crippen LogP contribution in [0.15, 0.2) is 46.2 Å². The van der Waals surface area contributed by atoms with Gasteiger partial charge in [0.15, 0.2) is 11.6 Å². The standard InChI is InChI=1S/C16H9Cl2F2N3O2S/c17-10-3-1-8(5-11(10)18)7-23-15(25)22-26-16(23)21-14(24)9-2-4-12(19)13(20)6-9/h1-6H,7H2,(H,22,25). The molecule has 0 unspecified atom stereocenters. The second-order valence-corrected chi connectivity index (χ2v) is 6.76. The van der Waals surface area contributed by atoms with Crippen LogP contribution in [-0.4, -0.2) is 14.8 Å². The van der Waals surface area contributed by atoms with E-state index >= 15 is 0 Å². The van der Waals surface area contributed by atoms with Gasteiger partial charge in [-0.2, -0.15) is 4.99 Å². The van der Waals surface area contributed by atoms with E-state index < -0.39 is 23.2 Å². The first-order valence-corrected chi connectivity index (χ1v) is 8.69. The molecule has 3 rings (SSSR count). The minimum atomic E-state index is -1.16. The Hall–Kier alpha value is -2.29. The van der Waals surface area contributed by atoms with E-state index in [0.717, 1.165) is 29.7 Å². The molecule has 0 saturated heterocycles. The SMILES string of the molecule is O=C(N=c1s[nH]c(=O)n1Cc1ccc(Cl)c(Cl)c1)c1ccc(F)c(F)c1. The molecule has 0 atom stereocenters. The number of H-pyrrole nitrogens is 1. The molecule has 1 heterocycles. The average molecular weight is 416 g/mol. The molecule has 1 N–H and O–H groups in total. The van der Waals surface area contributed by atoms with Crippen molar-refractivity contribution < 1.29 is 13.6 Å². The number of halogens is 4. The molecule has 2 aromatic carbocycles. The van der Waals surface area contributed by atoms with Crippen molar-refractivity contribution in [1.82, 2.24) is 8.94 Å². The Morgan fingerprint density at radius 1 is 1.12 bits per heavy atom. The number of aromatic nitrogens is 2. The molecular weight excluding hydrogens is 407 g/mol. The first kappa shape index (κ1) is 18.5. The Morgan fingerprint density at radius 2 is 1.88 bits per heavy atom. The van der Waals surface area contributed by atoms with Crippen molar-refractivity contribution in [1.29, 1.82) is 0 Å². The number of carbonyl (C=O) groups excluding carboxylic acids is 1. The number of hydrogen-bond acceptors (Lipinski definition) is 3. The number of aromatic amines is 1. The quantitative estimate of drug-likeness (QED) is 0.709. The summed E-state index contributed by atoms with van der Waals surface area (Å²) in [5.74, 6) is -3.03. The maximum atomic E-state index is 13.3. The highest BCUT2D eigenvalue weighted by Crippen LogP contribution is 2.22. The monoisotopic (exact) mass is 415 g/mol. The van der Waals surface area contributed by atoms with Crippen molar-refractivity contribution in [2.45, 2.75) is 6.54 Å². The molecule has 0 aliphatic heterocycles. The maximum Gasteiger partial charge on any atom is 0.337 e. The number of carbonyl (C=O) groups is 1. The minimum Gasteiger partial charge on any atom is -0.267 e. The summed E-state index contributed by atoms with van der Waals surface area (Å²) in [5, 5.41) is 0.700. The molecule has 0 aliphatic rings. The van der Waals surface area contributed by atoms with Crippen LogP contribution in [0.1, 0.15) is 15.9 Å². The van der Waals surface area contributed by atoms with Crippen LogP contribution in [0.2, 0.25) is 10.0 Å². The summed E-state index contributed by atoms with van der Waals surface area (Å²) in [7, 11) is 0. The number of nitrogens with one attached hydrogen (secondary N) is 1. The second kappa shape index (κ2) is 7.53. The third-order valence-corrected chi connectivity index (χ3v) is 4.90. The van der Waals surface area contributed by atoms with Gasteiger partial charge < -0.3 is 0 Å². The first-order chi connectivity index (χ1) is 12.3. The number of rotatable bonds is 3. The summed E-state index contributed by atoms with van der Waals surface area (Å²) in [6.45, 7) is 0.0968. The molecule has 0 radical (unpaired) electrons. The topological polar surface area (TPSA) is 67.2 Å². The van der Waals surface area contributed by atoms with Crippen molar-refractivity contribution in [2.24, 2.45) is 4.99 Å². The van der Waals surface area contributed by atoms with Gasteiger partial charge in [0, 0.05) is 5.56 Å². The third kappa shape index (κ3) is 3.92. The van der Waals surface area contributed by atoms with Gasteiger partial charge in [0.1, 0.15) is 0 Å². The third-order valence-electron chi connectivity index (χ3n) is 3.39. The van der Waals surface area contributed by atoms with E-state index in [4.69, 9.17) is 23.2 Å². The van der Waals surface area contributed by atoms with Gasteiger partial charge in [-0.3, -0.25) is 13.7 Å². The molecule has 0 fully saturated rings. The summed E-state index contributed by atoms with van der Waals surface area (Å²) < 4.78 is 29.9. The molecule has 0 spiro atoms. The number of nitrogens with zero attached hydrogens (tertiary/aromatic N) is 2. The predicted octanol–water partition coefficient (Wildman–Crippen LogP) is 3.61. The van der Waals surface area contributed by atoms with Crippen LogP contribution in [-0.2, 0) is 6.54 Å². The Balaban J connectivity index is 1.97. The summed E-state index contributed by atoms with van der Waals surface area (Å²) in [6, 6.07) is 7.56. The van der Waals surface area contributed by atoms with Crippen LogP contribution in [0.5, 0.6) is 0 Å². The van der Waals surface area contributed by atoms with Gasteiger partial charge >= 0.3 is 5.69 Å². The van der Waals surface area contributed by atoms with E-state index in [1.807, 2.05) is 0 Å². The first-order valence-electron chi connectivity index (χ1n) is 7.11. The van der Waals surface area contributed by atoms with Crippen molar-refractivity contribution in [3.8, 4) is 0 Å². The smallest absolute Gasteiger partial charge is 0.267 e. The molecule has 134 valence electrons. The Morgan fingerprint density at radius 3 is 2.58 bits per heavy atom. The summed E-state index contributed by atoms with van der Waals surface area (Å²) in [5.41, 5.74) is 0.0637. The van der Waals surface area contributed by atoms with E-state index in [-0.39, 0.29) is 16.9 Å². The molecule has 0 aliphatic carbocycles. The fraction of sp³-hybridized carbons (Fsp3) is 0.0625. The van der Waals surface area contributed by atoms with Crippen LogP contribution in [0.4, 0.5) is 8.78 Å². The molecule has 10 heteroatoms. The molecule has 26 heavy (non-hydrogen) atoms. The van der Waals surface area contributed by atoms with E-state index in [1.54, 1.807) is 18.2 Å². The lowest BCUT2D eigenvalue weighted by atomic mass is 10.2. The Kier molecular flexibility index (Phi) is 5.36. The highest BCUT2D eigenvalue weighted by Gasteiger charge is 2.11. The van der Waals surface area contributed by atoms with Gasteiger partial charge in [0.05, 0.1) is 16.6 Å². The highest BCUT2D eigenvalue weighted by atomic mass is 35.5. The number of hydrogen-bond donors (Lipinski definition) is 1. The number of benzene rings is 2. The highest BCUT2D eigenvalue weighted by molar-refractivity contribution is 7.02. The molecule has 0 bridgehead atoms. The van der Waals surface area contributed by atoms with Gasteiger partial charge in [0.25, 0.3) is 5.91 Å². The lowest BCUT2D eigenvalue weighted by Gasteiger charge is -2.03. The van der Waals surface area contributed by atoms with Crippen molar-refractivity contribution in [3.63, 3.8) is 0 Å². The van der Waals surface area contributed by atoms with Crippen LogP contribution < -0.4 is 10.5 Å². The normalized spacial score (nSPS) is 11.8. The van der Waals surface area contributed by atoms with Crippen LogP contribution in [0, 0.1) is 11.6 Å². The van der Waals surface area contributed by atoms with Crippen LogP contribution >= 0.6 is 34.7 Å². The largest absolute Gasteiger partial charge is 0.337 e. The summed E-state index contributed by atoms with van der Waals surface area (Å²) in [6.07, 6.45) is 0. The molecule has 0 saturated carbocycles. The lowest BCUT2D eigenvalue weighted by Crippen LogP contribution is -2.28. The predicted molar refractivity (Wildman–Crippen MR) is 94.7 cm³/mol.